The lowest BCUT2D eigenvalue weighted by Crippen LogP contribution is -2.01. The highest BCUT2D eigenvalue weighted by Crippen LogP contribution is 2.28. The third-order valence-electron chi connectivity index (χ3n) is 3.14. The minimum absolute atomic E-state index is 0.0770. The van der Waals surface area contributed by atoms with Crippen molar-refractivity contribution < 1.29 is 19.7 Å². The van der Waals surface area contributed by atoms with E-state index in [-0.39, 0.29) is 11.3 Å². The van der Waals surface area contributed by atoms with Crippen molar-refractivity contribution in [1.82, 2.24) is 0 Å². The number of ether oxygens (including phenoxy) is 1. The Kier molecular flexibility index (Phi) is 5.66. The van der Waals surface area contributed by atoms with Crippen molar-refractivity contribution in [2.45, 2.75) is 13.3 Å². The van der Waals surface area contributed by atoms with Crippen LogP contribution in [0.15, 0.2) is 42.5 Å². The van der Waals surface area contributed by atoms with Crippen LogP contribution in [0, 0.1) is 0 Å². The summed E-state index contributed by atoms with van der Waals surface area (Å²) in [7, 11) is 0. The smallest absolute Gasteiger partial charge is 0.336 e. The van der Waals surface area contributed by atoms with Crippen LogP contribution in [-0.2, 0) is 4.79 Å². The second-order valence-corrected chi connectivity index (χ2v) is 5.38. The number of hydrogen-bond donors (Lipinski definition) is 2. The molecular weight excluding hydrogens is 316 g/mol. The maximum atomic E-state index is 11.6. The molecule has 2 aromatic rings. The molecule has 0 unspecified atom stereocenters. The van der Waals surface area contributed by atoms with Crippen LogP contribution in [0.1, 0.15) is 24.5 Å². The molecule has 2 aromatic carbocycles. The van der Waals surface area contributed by atoms with Crippen molar-refractivity contribution in [2.75, 3.05) is 6.61 Å². The number of benzene rings is 2. The summed E-state index contributed by atoms with van der Waals surface area (Å²) < 4.78 is 5.64. The molecule has 0 aliphatic heterocycles. The molecule has 0 heterocycles. The molecule has 0 fully saturated rings. The van der Waals surface area contributed by atoms with Crippen molar-refractivity contribution in [3.8, 4) is 11.5 Å². The van der Waals surface area contributed by atoms with E-state index >= 15 is 0 Å². The lowest BCUT2D eigenvalue weighted by atomic mass is 10.0. The fraction of sp³-hybridized carbons (Fsp3) is 0.167. The molecule has 0 saturated heterocycles. The van der Waals surface area contributed by atoms with Gasteiger partial charge in [-0.15, -0.1) is 0 Å². The Labute approximate surface area is 139 Å². The van der Waals surface area contributed by atoms with Crippen molar-refractivity contribution in [3.05, 3.63) is 58.6 Å². The van der Waals surface area contributed by atoms with Crippen LogP contribution in [0.3, 0.4) is 0 Å². The standard InChI is InChI=1S/C18H17ClO4/c1-2-9-23-17-8-5-14(19)10-13(17)11-16(18(21)22)12-3-6-15(20)7-4-12/h3-8,10-11,20H,2,9H2,1H3,(H,21,22)/b16-11-. The summed E-state index contributed by atoms with van der Waals surface area (Å²) in [5.41, 5.74) is 1.17. The van der Waals surface area contributed by atoms with Gasteiger partial charge in [0, 0.05) is 10.6 Å². The van der Waals surface area contributed by atoms with Gasteiger partial charge in [0.25, 0.3) is 0 Å². The van der Waals surface area contributed by atoms with E-state index in [9.17, 15) is 15.0 Å². The van der Waals surface area contributed by atoms with E-state index in [0.29, 0.717) is 28.5 Å². The molecule has 0 bridgehead atoms. The first-order valence-electron chi connectivity index (χ1n) is 7.18. The SMILES string of the molecule is CCCOc1ccc(Cl)cc1/C=C(\C(=O)O)c1ccc(O)cc1. The van der Waals surface area contributed by atoms with Crippen LogP contribution < -0.4 is 4.74 Å². The number of aliphatic carboxylic acids is 1. The number of carboxylic acid groups (broad SMARTS) is 1. The molecule has 0 aliphatic carbocycles. The van der Waals surface area contributed by atoms with Gasteiger partial charge in [-0.25, -0.2) is 4.79 Å². The summed E-state index contributed by atoms with van der Waals surface area (Å²) in [6.45, 7) is 2.52. The van der Waals surface area contributed by atoms with Crippen LogP contribution >= 0.6 is 11.6 Å². The van der Waals surface area contributed by atoms with E-state index in [4.69, 9.17) is 16.3 Å². The Morgan fingerprint density at radius 1 is 1.22 bits per heavy atom. The zero-order valence-electron chi connectivity index (χ0n) is 12.6. The molecule has 2 N–H and O–H groups in total. The van der Waals surface area contributed by atoms with Crippen molar-refractivity contribution >= 4 is 29.2 Å². The Morgan fingerprint density at radius 3 is 2.52 bits per heavy atom. The first kappa shape index (κ1) is 16.9. The van der Waals surface area contributed by atoms with Gasteiger partial charge < -0.3 is 14.9 Å². The van der Waals surface area contributed by atoms with Gasteiger partial charge in [-0.2, -0.15) is 0 Å². The van der Waals surface area contributed by atoms with E-state index < -0.39 is 5.97 Å². The Hall–Kier alpha value is -2.46. The molecule has 0 saturated carbocycles. The number of carbonyl (C=O) groups is 1. The predicted molar refractivity (Wildman–Crippen MR) is 90.9 cm³/mol. The number of rotatable bonds is 6. The molecule has 120 valence electrons. The molecule has 0 atom stereocenters. The van der Waals surface area contributed by atoms with Gasteiger partial charge in [0.05, 0.1) is 12.2 Å². The van der Waals surface area contributed by atoms with E-state index in [2.05, 4.69) is 0 Å². The average Bonchev–Trinajstić information content (AvgIpc) is 2.52. The predicted octanol–water partition coefficient (Wildman–Crippen LogP) is 4.46. The van der Waals surface area contributed by atoms with Crippen LogP contribution in [0.4, 0.5) is 0 Å². The maximum Gasteiger partial charge on any atom is 0.336 e. The third kappa shape index (κ3) is 4.50. The van der Waals surface area contributed by atoms with Gasteiger partial charge in [-0.1, -0.05) is 30.7 Å². The number of phenolic OH excluding ortho intramolecular Hbond substituents is 1. The second kappa shape index (κ2) is 7.70. The highest BCUT2D eigenvalue weighted by atomic mass is 35.5. The molecule has 5 heteroatoms. The summed E-state index contributed by atoms with van der Waals surface area (Å²) in [5.74, 6) is -0.418. The first-order valence-corrected chi connectivity index (χ1v) is 7.55. The third-order valence-corrected chi connectivity index (χ3v) is 3.38. The summed E-state index contributed by atoms with van der Waals surface area (Å²) in [6, 6.07) is 11.1. The quantitative estimate of drug-likeness (QED) is 0.605. The monoisotopic (exact) mass is 332 g/mol. The van der Waals surface area contributed by atoms with Gasteiger partial charge in [0.15, 0.2) is 0 Å². The van der Waals surface area contributed by atoms with Crippen molar-refractivity contribution in [1.29, 1.82) is 0 Å². The summed E-state index contributed by atoms with van der Waals surface area (Å²) in [4.78, 5) is 11.6. The van der Waals surface area contributed by atoms with Crippen LogP contribution in [0.25, 0.3) is 11.6 Å². The summed E-state index contributed by atoms with van der Waals surface area (Å²) in [6.07, 6.45) is 2.36. The Bertz CT molecular complexity index is 720. The fourth-order valence-corrected chi connectivity index (χ4v) is 2.22. The minimum Gasteiger partial charge on any atom is -0.508 e. The molecule has 0 amide bonds. The topological polar surface area (TPSA) is 66.8 Å². The van der Waals surface area contributed by atoms with E-state index in [0.717, 1.165) is 6.42 Å². The van der Waals surface area contributed by atoms with Crippen LogP contribution in [-0.4, -0.2) is 22.8 Å². The minimum atomic E-state index is -1.07. The van der Waals surface area contributed by atoms with Crippen LogP contribution in [0.2, 0.25) is 5.02 Å². The molecule has 0 aliphatic rings. The normalized spacial score (nSPS) is 11.3. The Morgan fingerprint density at radius 2 is 1.91 bits per heavy atom. The molecule has 23 heavy (non-hydrogen) atoms. The van der Waals surface area contributed by atoms with E-state index in [1.54, 1.807) is 30.3 Å². The van der Waals surface area contributed by atoms with Gasteiger partial charge in [0.2, 0.25) is 0 Å². The number of hydrogen-bond acceptors (Lipinski definition) is 3. The number of aromatic hydroxyl groups is 1. The molecule has 4 nitrogen and oxygen atoms in total. The Balaban J connectivity index is 2.48. The van der Waals surface area contributed by atoms with Crippen LogP contribution in [0.5, 0.6) is 11.5 Å². The highest BCUT2D eigenvalue weighted by Gasteiger charge is 2.13. The van der Waals surface area contributed by atoms with Gasteiger partial charge in [-0.05, 0) is 48.4 Å². The molecule has 0 radical (unpaired) electrons. The number of halogens is 1. The highest BCUT2D eigenvalue weighted by molar-refractivity contribution is 6.31. The van der Waals surface area contributed by atoms with Crippen molar-refractivity contribution in [2.24, 2.45) is 0 Å². The summed E-state index contributed by atoms with van der Waals surface area (Å²) in [5, 5.41) is 19.3. The first-order chi connectivity index (χ1) is 11.0. The number of phenols is 1. The molecule has 0 spiro atoms. The largest absolute Gasteiger partial charge is 0.508 e. The lowest BCUT2D eigenvalue weighted by Gasteiger charge is -2.10. The zero-order valence-corrected chi connectivity index (χ0v) is 13.4. The number of carboxylic acids is 1. The molecule has 2 rings (SSSR count). The zero-order chi connectivity index (χ0) is 16.8. The lowest BCUT2D eigenvalue weighted by molar-refractivity contribution is -0.130. The molecule has 0 aromatic heterocycles. The fourth-order valence-electron chi connectivity index (χ4n) is 2.04. The van der Waals surface area contributed by atoms with Gasteiger partial charge in [0.1, 0.15) is 11.5 Å². The summed E-state index contributed by atoms with van der Waals surface area (Å²) >= 11 is 6.02. The molecular formula is C18H17ClO4. The van der Waals surface area contributed by atoms with E-state index in [1.165, 1.54) is 18.2 Å². The van der Waals surface area contributed by atoms with Gasteiger partial charge >= 0.3 is 5.97 Å². The van der Waals surface area contributed by atoms with Gasteiger partial charge in [-0.3, -0.25) is 0 Å². The average molecular weight is 333 g/mol. The van der Waals surface area contributed by atoms with Crippen molar-refractivity contribution in [3.63, 3.8) is 0 Å². The van der Waals surface area contributed by atoms with E-state index in [1.807, 2.05) is 6.92 Å². The second-order valence-electron chi connectivity index (χ2n) is 4.94. The maximum absolute atomic E-state index is 11.6.